The fourth-order valence-electron chi connectivity index (χ4n) is 3.36. The number of likely N-dealkylation sites (N-methyl/N-ethyl adjacent to an activating group) is 1. The highest BCUT2D eigenvalue weighted by Gasteiger charge is 2.27. The Labute approximate surface area is 177 Å². The van der Waals surface area contributed by atoms with E-state index >= 15 is 0 Å². The minimum absolute atomic E-state index is 0.232. The number of hydrogen-bond donors (Lipinski definition) is 2. The third-order valence-corrected chi connectivity index (χ3v) is 7.05. The summed E-state index contributed by atoms with van der Waals surface area (Å²) in [4.78, 5) is 11.2. The molecule has 1 aliphatic rings. The van der Waals surface area contributed by atoms with Gasteiger partial charge in [0.15, 0.2) is 0 Å². The van der Waals surface area contributed by atoms with Gasteiger partial charge in [0.05, 0.1) is 5.52 Å². The molecule has 0 unspecified atom stereocenters. The van der Waals surface area contributed by atoms with Gasteiger partial charge >= 0.3 is 0 Å². The molecule has 0 saturated carbocycles. The molecule has 0 atom stereocenters. The molecular weight excluding hydrogens is 400 g/mol. The van der Waals surface area contributed by atoms with Gasteiger partial charge in [-0.2, -0.15) is 4.31 Å². The van der Waals surface area contributed by atoms with Crippen molar-refractivity contribution in [3.63, 3.8) is 0 Å². The molecule has 158 valence electrons. The molecule has 3 aromatic rings. The number of nitrogens with one attached hydrogen (secondary N) is 2. The number of anilines is 2. The topological polar surface area (TPSA) is 90.5 Å². The molecule has 1 aromatic carbocycles. The van der Waals surface area contributed by atoms with Gasteiger partial charge < -0.3 is 15.5 Å². The SMILES string of the molecule is CN1CCN(S(=O)(=O)c2ccc(NCCNc3ccc4ccccc4n3)nc2)CC1. The molecule has 30 heavy (non-hydrogen) atoms. The Morgan fingerprint density at radius 1 is 0.900 bits per heavy atom. The zero-order valence-electron chi connectivity index (χ0n) is 17.0. The number of pyridine rings is 2. The highest BCUT2D eigenvalue weighted by Crippen LogP contribution is 2.18. The van der Waals surface area contributed by atoms with Gasteiger partial charge in [-0.25, -0.2) is 18.4 Å². The molecule has 2 aromatic heterocycles. The molecule has 1 aliphatic heterocycles. The quantitative estimate of drug-likeness (QED) is 0.559. The minimum Gasteiger partial charge on any atom is -0.368 e. The fourth-order valence-corrected chi connectivity index (χ4v) is 4.73. The van der Waals surface area contributed by atoms with Crippen molar-refractivity contribution >= 4 is 32.6 Å². The third-order valence-electron chi connectivity index (χ3n) is 5.17. The third kappa shape index (κ3) is 4.69. The first-order chi connectivity index (χ1) is 14.5. The van der Waals surface area contributed by atoms with Crippen LogP contribution in [-0.4, -0.2) is 73.9 Å². The van der Waals surface area contributed by atoms with Gasteiger partial charge in [-0.3, -0.25) is 0 Å². The van der Waals surface area contributed by atoms with Gasteiger partial charge in [0.25, 0.3) is 0 Å². The van der Waals surface area contributed by atoms with E-state index in [0.29, 0.717) is 32.0 Å². The second kappa shape index (κ2) is 8.95. The van der Waals surface area contributed by atoms with Crippen molar-refractivity contribution in [1.29, 1.82) is 0 Å². The molecule has 0 amide bonds. The van der Waals surface area contributed by atoms with Crippen LogP contribution in [0.25, 0.3) is 10.9 Å². The molecule has 8 nitrogen and oxygen atoms in total. The average Bonchev–Trinajstić information content (AvgIpc) is 2.77. The largest absolute Gasteiger partial charge is 0.368 e. The highest BCUT2D eigenvalue weighted by molar-refractivity contribution is 7.89. The van der Waals surface area contributed by atoms with Crippen LogP contribution in [0.15, 0.2) is 59.6 Å². The van der Waals surface area contributed by atoms with E-state index in [1.807, 2.05) is 43.4 Å². The van der Waals surface area contributed by atoms with Crippen LogP contribution in [0.1, 0.15) is 0 Å². The predicted octanol–water partition coefficient (Wildman–Crippen LogP) is 2.09. The van der Waals surface area contributed by atoms with Crippen LogP contribution in [0.3, 0.4) is 0 Å². The highest BCUT2D eigenvalue weighted by atomic mass is 32.2. The number of para-hydroxylation sites is 1. The molecule has 0 spiro atoms. The van der Waals surface area contributed by atoms with Gasteiger partial charge in [0.1, 0.15) is 16.5 Å². The Morgan fingerprint density at radius 2 is 1.60 bits per heavy atom. The Hall–Kier alpha value is -2.75. The van der Waals surface area contributed by atoms with E-state index in [0.717, 1.165) is 29.8 Å². The van der Waals surface area contributed by atoms with E-state index in [2.05, 4.69) is 25.5 Å². The number of rotatable bonds is 7. The number of nitrogens with zero attached hydrogens (tertiary/aromatic N) is 4. The summed E-state index contributed by atoms with van der Waals surface area (Å²) >= 11 is 0. The van der Waals surface area contributed by atoms with E-state index in [-0.39, 0.29) is 4.90 Å². The second-order valence-corrected chi connectivity index (χ2v) is 9.27. The number of benzene rings is 1. The summed E-state index contributed by atoms with van der Waals surface area (Å²) in [6.45, 7) is 3.79. The summed E-state index contributed by atoms with van der Waals surface area (Å²) in [5, 5.41) is 7.59. The summed E-state index contributed by atoms with van der Waals surface area (Å²) in [5.74, 6) is 1.46. The summed E-state index contributed by atoms with van der Waals surface area (Å²) < 4.78 is 27.0. The zero-order valence-corrected chi connectivity index (χ0v) is 17.8. The maximum atomic E-state index is 12.7. The van der Waals surface area contributed by atoms with Gasteiger partial charge in [-0.15, -0.1) is 0 Å². The van der Waals surface area contributed by atoms with E-state index in [1.54, 1.807) is 12.1 Å². The number of hydrogen-bond acceptors (Lipinski definition) is 7. The lowest BCUT2D eigenvalue weighted by Gasteiger charge is -2.31. The molecule has 2 N–H and O–H groups in total. The molecule has 4 rings (SSSR count). The van der Waals surface area contributed by atoms with Crippen LogP contribution >= 0.6 is 0 Å². The minimum atomic E-state index is -3.49. The van der Waals surface area contributed by atoms with Crippen molar-refractivity contribution in [1.82, 2.24) is 19.2 Å². The molecule has 1 saturated heterocycles. The van der Waals surface area contributed by atoms with Crippen LogP contribution < -0.4 is 10.6 Å². The van der Waals surface area contributed by atoms with E-state index in [4.69, 9.17) is 0 Å². The normalized spacial score (nSPS) is 15.9. The van der Waals surface area contributed by atoms with Crippen LogP contribution in [0.5, 0.6) is 0 Å². The Bertz CT molecular complexity index is 1100. The van der Waals surface area contributed by atoms with Crippen LogP contribution in [0, 0.1) is 0 Å². The number of aromatic nitrogens is 2. The lowest BCUT2D eigenvalue weighted by molar-refractivity contribution is 0.222. The van der Waals surface area contributed by atoms with E-state index in [1.165, 1.54) is 10.5 Å². The molecular formula is C21H26N6O2S. The van der Waals surface area contributed by atoms with E-state index in [9.17, 15) is 8.42 Å². The number of sulfonamides is 1. The maximum absolute atomic E-state index is 12.7. The number of fused-ring (bicyclic) bond motifs is 1. The summed E-state index contributed by atoms with van der Waals surface area (Å²) in [5.41, 5.74) is 0.953. The molecule has 3 heterocycles. The van der Waals surface area contributed by atoms with Crippen LogP contribution in [-0.2, 0) is 10.0 Å². The van der Waals surface area contributed by atoms with Crippen LogP contribution in [0.2, 0.25) is 0 Å². The lowest BCUT2D eigenvalue weighted by Crippen LogP contribution is -2.47. The lowest BCUT2D eigenvalue weighted by atomic mass is 10.2. The molecule has 0 aliphatic carbocycles. The Balaban J connectivity index is 1.29. The van der Waals surface area contributed by atoms with Gasteiger partial charge in [0, 0.05) is 50.9 Å². The maximum Gasteiger partial charge on any atom is 0.244 e. The van der Waals surface area contributed by atoms with Crippen molar-refractivity contribution in [3.8, 4) is 0 Å². The van der Waals surface area contributed by atoms with Gasteiger partial charge in [-0.1, -0.05) is 18.2 Å². The van der Waals surface area contributed by atoms with Crippen molar-refractivity contribution in [2.24, 2.45) is 0 Å². The zero-order chi connectivity index (χ0) is 21.0. The van der Waals surface area contributed by atoms with E-state index < -0.39 is 10.0 Å². The van der Waals surface area contributed by atoms with Crippen molar-refractivity contribution < 1.29 is 8.42 Å². The Morgan fingerprint density at radius 3 is 2.33 bits per heavy atom. The van der Waals surface area contributed by atoms with Crippen molar-refractivity contribution in [2.75, 3.05) is 56.9 Å². The average molecular weight is 427 g/mol. The monoisotopic (exact) mass is 426 g/mol. The first kappa shape index (κ1) is 20.5. The van der Waals surface area contributed by atoms with Crippen molar-refractivity contribution in [2.45, 2.75) is 4.90 Å². The molecule has 0 radical (unpaired) electrons. The molecule has 1 fully saturated rings. The molecule has 9 heteroatoms. The predicted molar refractivity (Wildman–Crippen MR) is 119 cm³/mol. The number of piperazine rings is 1. The van der Waals surface area contributed by atoms with Gasteiger partial charge in [-0.05, 0) is 37.4 Å². The fraction of sp³-hybridized carbons (Fsp3) is 0.333. The summed E-state index contributed by atoms with van der Waals surface area (Å²) in [7, 11) is -1.49. The van der Waals surface area contributed by atoms with Crippen molar-refractivity contribution in [3.05, 3.63) is 54.7 Å². The Kier molecular flexibility index (Phi) is 6.12. The summed E-state index contributed by atoms with van der Waals surface area (Å²) in [6.07, 6.45) is 1.42. The smallest absolute Gasteiger partial charge is 0.244 e. The van der Waals surface area contributed by atoms with Gasteiger partial charge in [0.2, 0.25) is 10.0 Å². The first-order valence-corrected chi connectivity index (χ1v) is 11.4. The standard InChI is InChI=1S/C21H26N6O2S/c1-26-12-14-27(15-13-26)30(28,29)18-7-9-20(24-16-18)22-10-11-23-21-8-6-17-4-2-3-5-19(17)25-21/h2-9,16H,10-15H2,1H3,(H,22,24)(H,23,25). The summed E-state index contributed by atoms with van der Waals surface area (Å²) in [6, 6.07) is 15.3. The first-order valence-electron chi connectivity index (χ1n) is 10.0. The van der Waals surface area contributed by atoms with Crippen LogP contribution in [0.4, 0.5) is 11.6 Å². The molecule has 0 bridgehead atoms. The second-order valence-electron chi connectivity index (χ2n) is 7.33.